The molecule has 0 aliphatic carbocycles. The molecule has 0 saturated carbocycles. The van der Waals surface area contributed by atoms with Crippen molar-refractivity contribution in [2.45, 2.75) is 12.8 Å². The van der Waals surface area contributed by atoms with Gasteiger partial charge in [-0.05, 0) is 41.8 Å². The third kappa shape index (κ3) is 6.27. The molecule has 158 valence electrons. The number of methoxy groups -OCH3 is 1. The van der Waals surface area contributed by atoms with Gasteiger partial charge in [0.25, 0.3) is 5.91 Å². The normalized spacial score (nSPS) is 12.8. The average molecular weight is 411 g/mol. The van der Waals surface area contributed by atoms with Gasteiger partial charge in [0.05, 0.1) is 20.3 Å². The molecule has 1 amide bonds. The van der Waals surface area contributed by atoms with E-state index in [-0.39, 0.29) is 12.5 Å². The monoisotopic (exact) mass is 411 g/mol. The number of nitrogens with one attached hydrogen (secondary N) is 1. The first-order valence-corrected chi connectivity index (χ1v) is 9.79. The van der Waals surface area contributed by atoms with Gasteiger partial charge in [-0.1, -0.05) is 24.3 Å². The summed E-state index contributed by atoms with van der Waals surface area (Å²) in [5.41, 5.74) is 1.77. The van der Waals surface area contributed by atoms with Gasteiger partial charge in [-0.25, -0.2) is 4.79 Å². The van der Waals surface area contributed by atoms with Crippen LogP contribution in [0.15, 0.2) is 48.5 Å². The second-order valence-corrected chi connectivity index (χ2v) is 6.61. The molecule has 0 radical (unpaired) electrons. The highest BCUT2D eigenvalue weighted by Crippen LogP contribution is 2.30. The summed E-state index contributed by atoms with van der Waals surface area (Å²) in [4.78, 5) is 23.8. The third-order valence-corrected chi connectivity index (χ3v) is 4.44. The molecule has 7 nitrogen and oxygen atoms in total. The molecule has 0 fully saturated rings. The van der Waals surface area contributed by atoms with Gasteiger partial charge in [0.15, 0.2) is 18.1 Å². The first kappa shape index (κ1) is 21.2. The lowest BCUT2D eigenvalue weighted by Gasteiger charge is -2.09. The van der Waals surface area contributed by atoms with Crippen LogP contribution in [-0.4, -0.2) is 45.4 Å². The fraction of sp³-hybridized carbons (Fsp3) is 0.304. The van der Waals surface area contributed by atoms with Crippen molar-refractivity contribution in [3.63, 3.8) is 0 Å². The van der Waals surface area contributed by atoms with E-state index in [0.717, 1.165) is 23.3 Å². The minimum atomic E-state index is -0.595. The number of ether oxygens (including phenoxy) is 4. The Labute approximate surface area is 175 Å². The van der Waals surface area contributed by atoms with Gasteiger partial charge in [0.1, 0.15) is 5.75 Å². The summed E-state index contributed by atoms with van der Waals surface area (Å²) in [5.74, 6) is 1.16. The zero-order chi connectivity index (χ0) is 21.2. The Kier molecular flexibility index (Phi) is 7.71. The fourth-order valence-electron chi connectivity index (χ4n) is 2.93. The van der Waals surface area contributed by atoms with E-state index in [1.165, 1.54) is 6.08 Å². The molecule has 1 N–H and O–H groups in total. The summed E-state index contributed by atoms with van der Waals surface area (Å²) < 4.78 is 21.5. The molecule has 0 unspecified atom stereocenters. The molecule has 0 aromatic heterocycles. The van der Waals surface area contributed by atoms with E-state index >= 15 is 0 Å². The molecule has 0 bridgehead atoms. The highest BCUT2D eigenvalue weighted by Gasteiger charge is 2.10. The van der Waals surface area contributed by atoms with E-state index in [1.807, 2.05) is 30.3 Å². The minimum Gasteiger partial charge on any atom is -0.496 e. The molecule has 3 rings (SSSR count). The van der Waals surface area contributed by atoms with Crippen LogP contribution < -0.4 is 19.5 Å². The number of para-hydroxylation sites is 1. The molecule has 1 heterocycles. The Balaban J connectivity index is 1.41. The van der Waals surface area contributed by atoms with E-state index in [1.54, 1.807) is 25.3 Å². The van der Waals surface area contributed by atoms with Crippen molar-refractivity contribution in [3.8, 4) is 17.2 Å². The summed E-state index contributed by atoms with van der Waals surface area (Å²) in [5, 5.41) is 2.73. The molecule has 0 saturated heterocycles. The zero-order valence-electron chi connectivity index (χ0n) is 16.9. The molecule has 2 aromatic carbocycles. The van der Waals surface area contributed by atoms with Gasteiger partial charge < -0.3 is 24.3 Å². The molecule has 1 aliphatic rings. The lowest BCUT2D eigenvalue weighted by Crippen LogP contribution is -2.30. The minimum absolute atomic E-state index is 0.337. The summed E-state index contributed by atoms with van der Waals surface area (Å²) in [6.07, 6.45) is 4.33. The first-order valence-electron chi connectivity index (χ1n) is 9.79. The van der Waals surface area contributed by atoms with Crippen molar-refractivity contribution in [1.29, 1.82) is 0 Å². The van der Waals surface area contributed by atoms with Crippen molar-refractivity contribution in [2.24, 2.45) is 0 Å². The van der Waals surface area contributed by atoms with Crippen LogP contribution in [0.3, 0.4) is 0 Å². The number of carbonyl (C=O) groups is 2. The molecule has 2 aromatic rings. The number of hydrogen-bond donors (Lipinski definition) is 1. The number of esters is 1. The molecule has 1 aliphatic heterocycles. The zero-order valence-corrected chi connectivity index (χ0v) is 16.9. The molecule has 0 atom stereocenters. The van der Waals surface area contributed by atoms with Crippen LogP contribution in [-0.2, 0) is 20.7 Å². The smallest absolute Gasteiger partial charge is 0.331 e. The van der Waals surface area contributed by atoms with Crippen LogP contribution in [0.2, 0.25) is 0 Å². The van der Waals surface area contributed by atoms with Crippen molar-refractivity contribution in [3.05, 3.63) is 59.7 Å². The van der Waals surface area contributed by atoms with Gasteiger partial charge in [-0.2, -0.15) is 0 Å². The summed E-state index contributed by atoms with van der Waals surface area (Å²) in [6, 6.07) is 13.0. The Hall–Kier alpha value is -3.48. The predicted molar refractivity (Wildman–Crippen MR) is 112 cm³/mol. The van der Waals surface area contributed by atoms with E-state index < -0.39 is 5.97 Å². The summed E-state index contributed by atoms with van der Waals surface area (Å²) in [6.45, 7) is 1.30. The number of amides is 1. The SMILES string of the molecule is COc1ccccc1CCNC(=O)COC(=O)/C=C/c1ccc2c(c1)OCCCO2. The van der Waals surface area contributed by atoms with Crippen molar-refractivity contribution >= 4 is 18.0 Å². The maximum absolute atomic E-state index is 11.9. The van der Waals surface area contributed by atoms with Gasteiger partial charge in [-0.15, -0.1) is 0 Å². The fourth-order valence-corrected chi connectivity index (χ4v) is 2.93. The second kappa shape index (κ2) is 10.9. The Bertz CT molecular complexity index is 908. The first-order chi connectivity index (χ1) is 14.7. The molecule has 30 heavy (non-hydrogen) atoms. The molecule has 7 heteroatoms. The molecular weight excluding hydrogens is 386 g/mol. The lowest BCUT2D eigenvalue weighted by atomic mass is 10.1. The van der Waals surface area contributed by atoms with E-state index in [2.05, 4.69) is 5.32 Å². The standard InChI is InChI=1S/C23H25NO6/c1-27-19-6-3-2-5-18(19)11-12-24-22(25)16-30-23(26)10-8-17-7-9-20-21(15-17)29-14-4-13-28-20/h2-3,5-10,15H,4,11-14,16H2,1H3,(H,24,25)/b10-8+. The number of hydrogen-bond acceptors (Lipinski definition) is 6. The lowest BCUT2D eigenvalue weighted by molar-refractivity contribution is -0.143. The van der Waals surface area contributed by atoms with Gasteiger partial charge in [0, 0.05) is 19.0 Å². The quantitative estimate of drug-likeness (QED) is 0.531. The van der Waals surface area contributed by atoms with Crippen LogP contribution in [0.4, 0.5) is 0 Å². The van der Waals surface area contributed by atoms with Crippen LogP contribution in [0.25, 0.3) is 6.08 Å². The predicted octanol–water partition coefficient (Wildman–Crippen LogP) is 2.77. The number of carbonyl (C=O) groups excluding carboxylic acids is 2. The van der Waals surface area contributed by atoms with Crippen LogP contribution >= 0.6 is 0 Å². The van der Waals surface area contributed by atoms with Crippen LogP contribution in [0.5, 0.6) is 17.2 Å². The average Bonchev–Trinajstić information content (AvgIpc) is 3.01. The highest BCUT2D eigenvalue weighted by atomic mass is 16.5. The van der Waals surface area contributed by atoms with Crippen LogP contribution in [0.1, 0.15) is 17.5 Å². The Morgan fingerprint density at radius 1 is 1.10 bits per heavy atom. The van der Waals surface area contributed by atoms with Gasteiger partial charge in [-0.3, -0.25) is 4.79 Å². The van der Waals surface area contributed by atoms with E-state index in [0.29, 0.717) is 37.7 Å². The Morgan fingerprint density at radius 3 is 2.73 bits per heavy atom. The van der Waals surface area contributed by atoms with Crippen molar-refractivity contribution in [2.75, 3.05) is 33.5 Å². The highest BCUT2D eigenvalue weighted by molar-refractivity contribution is 5.89. The number of benzene rings is 2. The van der Waals surface area contributed by atoms with Crippen LogP contribution in [0, 0.1) is 0 Å². The third-order valence-electron chi connectivity index (χ3n) is 4.44. The second-order valence-electron chi connectivity index (χ2n) is 6.61. The van der Waals surface area contributed by atoms with Crippen molar-refractivity contribution in [1.82, 2.24) is 5.32 Å². The number of fused-ring (bicyclic) bond motifs is 1. The molecular formula is C23H25NO6. The maximum Gasteiger partial charge on any atom is 0.331 e. The molecule has 0 spiro atoms. The van der Waals surface area contributed by atoms with E-state index in [4.69, 9.17) is 18.9 Å². The van der Waals surface area contributed by atoms with Gasteiger partial charge >= 0.3 is 5.97 Å². The Morgan fingerprint density at radius 2 is 1.90 bits per heavy atom. The maximum atomic E-state index is 11.9. The van der Waals surface area contributed by atoms with E-state index in [9.17, 15) is 9.59 Å². The largest absolute Gasteiger partial charge is 0.496 e. The van der Waals surface area contributed by atoms with Gasteiger partial charge in [0.2, 0.25) is 0 Å². The topological polar surface area (TPSA) is 83.1 Å². The number of rotatable bonds is 8. The summed E-state index contributed by atoms with van der Waals surface area (Å²) in [7, 11) is 1.61. The van der Waals surface area contributed by atoms with Crippen molar-refractivity contribution < 1.29 is 28.5 Å². The summed E-state index contributed by atoms with van der Waals surface area (Å²) >= 11 is 0.